The zero-order chi connectivity index (χ0) is 10.0. The number of carbonyl (C=O) groups is 1. The van der Waals surface area contributed by atoms with Crippen LogP contribution in [-0.2, 0) is 0 Å². The van der Waals surface area contributed by atoms with Gasteiger partial charge in [0.15, 0.2) is 0 Å². The van der Waals surface area contributed by atoms with Crippen LogP contribution in [0.15, 0.2) is 12.4 Å². The third-order valence-electron chi connectivity index (χ3n) is 1.36. The van der Waals surface area contributed by atoms with Gasteiger partial charge in [0.25, 0.3) is 0 Å². The lowest BCUT2D eigenvalue weighted by atomic mass is 10.6. The van der Waals surface area contributed by atoms with Crippen LogP contribution in [0.4, 0.5) is 10.5 Å². The molecular formula is C6H8N4O3. The fourth-order valence-electron chi connectivity index (χ4n) is 0.717. The number of carbonyl (C=O) groups excluding carboxylic acids is 1. The molecule has 1 amide bonds. The molecule has 0 bridgehead atoms. The van der Waals surface area contributed by atoms with Crippen molar-refractivity contribution in [1.29, 1.82) is 0 Å². The minimum Gasteiger partial charge on any atom is -0.329 e. The zero-order valence-electron chi connectivity index (χ0n) is 7.17. The van der Waals surface area contributed by atoms with Gasteiger partial charge in [0, 0.05) is 14.1 Å². The molecule has 7 heteroatoms. The Bertz CT molecular complexity index is 343. The smallest absolute Gasteiger partial charge is 0.329 e. The molecule has 1 aromatic rings. The molecule has 0 spiro atoms. The first-order valence-electron chi connectivity index (χ1n) is 3.43. The van der Waals surface area contributed by atoms with Crippen LogP contribution in [0.1, 0.15) is 0 Å². The topological polar surface area (TPSA) is 81.3 Å². The van der Waals surface area contributed by atoms with E-state index in [0.29, 0.717) is 0 Å². The van der Waals surface area contributed by atoms with Crippen molar-refractivity contribution in [1.82, 2.24) is 14.7 Å². The summed E-state index contributed by atoms with van der Waals surface area (Å²) in [5.74, 6) is 0. The monoisotopic (exact) mass is 184 g/mol. The molecule has 0 unspecified atom stereocenters. The number of hydrogen-bond acceptors (Lipinski definition) is 4. The summed E-state index contributed by atoms with van der Waals surface area (Å²) in [4.78, 5) is 22.1. The highest BCUT2D eigenvalue weighted by Crippen LogP contribution is 2.07. The number of amides is 1. The van der Waals surface area contributed by atoms with Crippen LogP contribution in [-0.4, -0.2) is 39.7 Å². The van der Waals surface area contributed by atoms with Crippen LogP contribution in [0, 0.1) is 10.1 Å². The van der Waals surface area contributed by atoms with Crippen LogP contribution in [0.3, 0.4) is 0 Å². The molecule has 0 radical (unpaired) electrons. The summed E-state index contributed by atoms with van der Waals surface area (Å²) in [6, 6.07) is -0.423. The first kappa shape index (κ1) is 9.17. The molecule has 13 heavy (non-hydrogen) atoms. The van der Waals surface area contributed by atoms with Crippen molar-refractivity contribution in [3.8, 4) is 0 Å². The van der Waals surface area contributed by atoms with Crippen molar-refractivity contribution in [2.24, 2.45) is 0 Å². The van der Waals surface area contributed by atoms with E-state index in [-0.39, 0.29) is 5.69 Å². The van der Waals surface area contributed by atoms with E-state index in [1.807, 2.05) is 0 Å². The minimum atomic E-state index is -0.605. The average molecular weight is 184 g/mol. The third kappa shape index (κ3) is 1.81. The maximum atomic E-state index is 11.2. The number of hydrogen-bond donors (Lipinski definition) is 0. The van der Waals surface area contributed by atoms with Gasteiger partial charge in [0.1, 0.15) is 12.4 Å². The Labute approximate surface area is 73.7 Å². The lowest BCUT2D eigenvalue weighted by Gasteiger charge is -2.07. The molecule has 0 saturated carbocycles. The Morgan fingerprint density at radius 1 is 1.69 bits per heavy atom. The molecule has 0 aliphatic carbocycles. The molecule has 0 aromatic carbocycles. The van der Waals surface area contributed by atoms with Crippen molar-refractivity contribution in [2.75, 3.05) is 14.1 Å². The molecular weight excluding hydrogens is 176 g/mol. The second-order valence-corrected chi connectivity index (χ2v) is 2.58. The SMILES string of the molecule is CN(C)C(=O)n1cc([N+](=O)[O-])cn1. The van der Waals surface area contributed by atoms with Gasteiger partial charge in [0.05, 0.1) is 4.92 Å². The molecule has 1 rings (SSSR count). The van der Waals surface area contributed by atoms with Gasteiger partial charge in [-0.3, -0.25) is 10.1 Å². The van der Waals surface area contributed by atoms with Gasteiger partial charge >= 0.3 is 11.7 Å². The van der Waals surface area contributed by atoms with Crippen LogP contribution in [0.5, 0.6) is 0 Å². The first-order chi connectivity index (χ1) is 6.02. The molecule has 1 aromatic heterocycles. The van der Waals surface area contributed by atoms with E-state index in [0.717, 1.165) is 17.1 Å². The highest BCUT2D eigenvalue weighted by Gasteiger charge is 2.14. The standard InChI is InChI=1S/C6H8N4O3/c1-8(2)6(11)9-4-5(3-7-9)10(12)13/h3-4H,1-2H3. The van der Waals surface area contributed by atoms with Crippen molar-refractivity contribution in [2.45, 2.75) is 0 Å². The Morgan fingerprint density at radius 3 is 2.69 bits per heavy atom. The zero-order valence-corrected chi connectivity index (χ0v) is 7.17. The van der Waals surface area contributed by atoms with Crippen LogP contribution < -0.4 is 0 Å². The van der Waals surface area contributed by atoms with Crippen molar-refractivity contribution < 1.29 is 9.72 Å². The van der Waals surface area contributed by atoms with Gasteiger partial charge in [0.2, 0.25) is 0 Å². The summed E-state index contributed by atoms with van der Waals surface area (Å²) >= 11 is 0. The number of rotatable bonds is 1. The Balaban J connectivity index is 2.92. The van der Waals surface area contributed by atoms with E-state index < -0.39 is 11.0 Å². The number of nitrogens with zero attached hydrogens (tertiary/aromatic N) is 4. The Kier molecular flexibility index (Phi) is 2.27. The largest absolute Gasteiger partial charge is 0.344 e. The molecule has 0 atom stereocenters. The average Bonchev–Trinajstić information content (AvgIpc) is 2.50. The van der Waals surface area contributed by atoms with Gasteiger partial charge in [-0.25, -0.2) is 4.79 Å². The fourth-order valence-corrected chi connectivity index (χ4v) is 0.717. The van der Waals surface area contributed by atoms with E-state index >= 15 is 0 Å². The summed E-state index contributed by atoms with van der Waals surface area (Å²) in [5.41, 5.74) is -0.199. The summed E-state index contributed by atoms with van der Waals surface area (Å²) in [7, 11) is 3.08. The summed E-state index contributed by atoms with van der Waals surface area (Å²) in [6.07, 6.45) is 2.10. The van der Waals surface area contributed by atoms with Crippen LogP contribution in [0.2, 0.25) is 0 Å². The number of nitro groups is 1. The molecule has 0 aliphatic rings. The van der Waals surface area contributed by atoms with Gasteiger partial charge in [-0.1, -0.05) is 0 Å². The second-order valence-electron chi connectivity index (χ2n) is 2.58. The van der Waals surface area contributed by atoms with Crippen molar-refractivity contribution >= 4 is 11.7 Å². The third-order valence-corrected chi connectivity index (χ3v) is 1.36. The molecule has 1 heterocycles. The van der Waals surface area contributed by atoms with E-state index in [1.54, 1.807) is 0 Å². The van der Waals surface area contributed by atoms with Gasteiger partial charge in [-0.05, 0) is 0 Å². The van der Waals surface area contributed by atoms with Crippen LogP contribution >= 0.6 is 0 Å². The molecule has 0 fully saturated rings. The Morgan fingerprint density at radius 2 is 2.31 bits per heavy atom. The highest BCUT2D eigenvalue weighted by molar-refractivity contribution is 5.75. The van der Waals surface area contributed by atoms with Gasteiger partial charge in [-0.15, -0.1) is 0 Å². The van der Waals surface area contributed by atoms with Gasteiger partial charge in [-0.2, -0.15) is 9.78 Å². The predicted molar refractivity (Wildman–Crippen MR) is 43.4 cm³/mol. The molecule has 0 aliphatic heterocycles. The first-order valence-corrected chi connectivity index (χ1v) is 3.43. The Hall–Kier alpha value is -1.92. The van der Waals surface area contributed by atoms with Crippen molar-refractivity contribution in [3.05, 3.63) is 22.5 Å². The van der Waals surface area contributed by atoms with E-state index in [1.165, 1.54) is 19.0 Å². The van der Waals surface area contributed by atoms with E-state index in [2.05, 4.69) is 5.10 Å². The summed E-state index contributed by atoms with van der Waals surface area (Å²) in [6.45, 7) is 0. The van der Waals surface area contributed by atoms with Crippen molar-refractivity contribution in [3.63, 3.8) is 0 Å². The van der Waals surface area contributed by atoms with Gasteiger partial charge < -0.3 is 4.90 Å². The number of aromatic nitrogens is 2. The highest BCUT2D eigenvalue weighted by atomic mass is 16.6. The van der Waals surface area contributed by atoms with Crippen LogP contribution in [0.25, 0.3) is 0 Å². The summed E-state index contributed by atoms with van der Waals surface area (Å²) < 4.78 is 0.915. The lowest BCUT2D eigenvalue weighted by Crippen LogP contribution is -2.27. The minimum absolute atomic E-state index is 0.199. The quantitative estimate of drug-likeness (QED) is 0.465. The van der Waals surface area contributed by atoms with E-state index in [9.17, 15) is 14.9 Å². The predicted octanol–water partition coefficient (Wildman–Crippen LogP) is 0.321. The van der Waals surface area contributed by atoms with E-state index in [4.69, 9.17) is 0 Å². The second kappa shape index (κ2) is 3.21. The normalized spacial score (nSPS) is 9.69. The molecule has 0 N–H and O–H groups in total. The maximum Gasteiger partial charge on any atom is 0.344 e. The molecule has 0 saturated heterocycles. The summed E-state index contributed by atoms with van der Waals surface area (Å²) in [5, 5.41) is 13.8. The molecule has 70 valence electrons. The molecule has 7 nitrogen and oxygen atoms in total. The lowest BCUT2D eigenvalue weighted by molar-refractivity contribution is -0.384. The fraction of sp³-hybridized carbons (Fsp3) is 0.333. The maximum absolute atomic E-state index is 11.2.